The van der Waals surface area contributed by atoms with Crippen LogP contribution in [-0.2, 0) is 4.79 Å². The van der Waals surface area contributed by atoms with E-state index in [1.54, 1.807) is 11.9 Å². The van der Waals surface area contributed by atoms with E-state index >= 15 is 0 Å². The number of hydrogen-bond acceptors (Lipinski definition) is 4. The van der Waals surface area contributed by atoms with E-state index in [-0.39, 0.29) is 12.7 Å². The fourth-order valence-electron chi connectivity index (χ4n) is 1.79. The van der Waals surface area contributed by atoms with Gasteiger partial charge in [-0.3, -0.25) is 4.79 Å². The molecule has 17 heavy (non-hydrogen) atoms. The van der Waals surface area contributed by atoms with Crippen LogP contribution in [0.25, 0.3) is 0 Å². The van der Waals surface area contributed by atoms with Crippen molar-refractivity contribution in [3.8, 4) is 11.5 Å². The molecule has 0 aliphatic carbocycles. The number of rotatable bonds is 3. The molecule has 1 aromatic rings. The van der Waals surface area contributed by atoms with Gasteiger partial charge in [-0.2, -0.15) is 12.6 Å². The van der Waals surface area contributed by atoms with Crippen molar-refractivity contribution in [2.24, 2.45) is 0 Å². The van der Waals surface area contributed by atoms with Crippen LogP contribution in [0.2, 0.25) is 0 Å². The zero-order valence-electron chi connectivity index (χ0n) is 9.90. The van der Waals surface area contributed by atoms with Gasteiger partial charge in [-0.1, -0.05) is 0 Å². The topological polar surface area (TPSA) is 38.8 Å². The highest BCUT2D eigenvalue weighted by Gasteiger charge is 2.19. The van der Waals surface area contributed by atoms with Gasteiger partial charge >= 0.3 is 0 Å². The highest BCUT2D eigenvalue weighted by Crippen LogP contribution is 2.37. The van der Waals surface area contributed by atoms with Crippen LogP contribution >= 0.6 is 12.6 Å². The maximum Gasteiger partial charge on any atom is 0.231 e. The molecule has 1 aliphatic rings. The van der Waals surface area contributed by atoms with Gasteiger partial charge in [0.05, 0.1) is 5.69 Å². The van der Waals surface area contributed by atoms with Crippen molar-refractivity contribution < 1.29 is 14.3 Å². The molecular formula is C12H15NO3S. The van der Waals surface area contributed by atoms with Crippen molar-refractivity contribution in [1.82, 2.24) is 0 Å². The van der Waals surface area contributed by atoms with Crippen LogP contribution in [-0.4, -0.2) is 25.5 Å². The molecule has 1 amide bonds. The van der Waals surface area contributed by atoms with E-state index < -0.39 is 0 Å². The summed E-state index contributed by atoms with van der Waals surface area (Å²) < 4.78 is 10.6. The molecule has 0 aromatic heterocycles. The number of hydrogen-bond donors (Lipinski definition) is 1. The average molecular weight is 253 g/mol. The molecule has 0 N–H and O–H groups in total. The zero-order valence-corrected chi connectivity index (χ0v) is 10.8. The number of ether oxygens (including phenoxy) is 2. The molecule has 5 heteroatoms. The quantitative estimate of drug-likeness (QED) is 0.837. The van der Waals surface area contributed by atoms with Crippen LogP contribution in [0, 0.1) is 6.92 Å². The van der Waals surface area contributed by atoms with Crippen molar-refractivity contribution in [1.29, 1.82) is 0 Å². The van der Waals surface area contributed by atoms with Gasteiger partial charge < -0.3 is 14.4 Å². The summed E-state index contributed by atoms with van der Waals surface area (Å²) in [4.78, 5) is 13.4. The van der Waals surface area contributed by atoms with E-state index in [0.29, 0.717) is 17.9 Å². The van der Waals surface area contributed by atoms with Gasteiger partial charge in [-0.05, 0) is 24.3 Å². The Morgan fingerprint density at radius 1 is 1.41 bits per heavy atom. The summed E-state index contributed by atoms with van der Waals surface area (Å²) in [5.74, 6) is 2.02. The van der Waals surface area contributed by atoms with Crippen LogP contribution in [0.1, 0.15) is 12.0 Å². The lowest BCUT2D eigenvalue weighted by atomic mass is 10.1. The summed E-state index contributed by atoms with van der Waals surface area (Å²) in [6.45, 7) is 2.19. The van der Waals surface area contributed by atoms with Gasteiger partial charge in [0.25, 0.3) is 0 Å². The van der Waals surface area contributed by atoms with E-state index in [1.165, 1.54) is 0 Å². The first kappa shape index (κ1) is 12.1. The monoisotopic (exact) mass is 253 g/mol. The summed E-state index contributed by atoms with van der Waals surface area (Å²) in [6.07, 6.45) is 0.424. The first-order valence-corrected chi connectivity index (χ1v) is 6.04. The number of aryl methyl sites for hydroxylation is 1. The number of amides is 1. The van der Waals surface area contributed by atoms with E-state index in [1.807, 2.05) is 19.1 Å². The Hall–Kier alpha value is -1.36. The highest BCUT2D eigenvalue weighted by molar-refractivity contribution is 7.80. The average Bonchev–Trinajstić information content (AvgIpc) is 2.74. The van der Waals surface area contributed by atoms with Crippen molar-refractivity contribution in [2.45, 2.75) is 13.3 Å². The van der Waals surface area contributed by atoms with Crippen LogP contribution in [0.15, 0.2) is 12.1 Å². The Labute approximate surface area is 106 Å². The maximum atomic E-state index is 11.8. The largest absolute Gasteiger partial charge is 0.454 e. The zero-order chi connectivity index (χ0) is 12.4. The minimum Gasteiger partial charge on any atom is -0.454 e. The molecule has 0 unspecified atom stereocenters. The van der Waals surface area contributed by atoms with Crippen molar-refractivity contribution >= 4 is 24.2 Å². The lowest BCUT2D eigenvalue weighted by Gasteiger charge is -2.19. The Bertz CT molecular complexity index is 448. The summed E-state index contributed by atoms with van der Waals surface area (Å²) in [6, 6.07) is 3.73. The molecule has 0 radical (unpaired) electrons. The number of nitrogens with zero attached hydrogens (tertiary/aromatic N) is 1. The van der Waals surface area contributed by atoms with Gasteiger partial charge in [0, 0.05) is 19.5 Å². The number of thiol groups is 1. The second-order valence-corrected chi connectivity index (χ2v) is 4.37. The van der Waals surface area contributed by atoms with Crippen molar-refractivity contribution in [2.75, 3.05) is 24.5 Å². The molecule has 2 rings (SSSR count). The summed E-state index contributed by atoms with van der Waals surface area (Å²) >= 11 is 4.07. The van der Waals surface area contributed by atoms with Gasteiger partial charge in [-0.25, -0.2) is 0 Å². The van der Waals surface area contributed by atoms with Crippen LogP contribution in [0.5, 0.6) is 11.5 Å². The van der Waals surface area contributed by atoms with Gasteiger partial charge in [0.2, 0.25) is 12.7 Å². The molecule has 0 saturated heterocycles. The predicted molar refractivity (Wildman–Crippen MR) is 69.2 cm³/mol. The standard InChI is InChI=1S/C12H15NO3S/c1-8-5-10-11(16-7-15-10)6-9(8)13(2)12(14)3-4-17/h5-6,17H,3-4,7H2,1-2H3. The minimum atomic E-state index is 0.0435. The Kier molecular flexibility index (Phi) is 3.47. The lowest BCUT2D eigenvalue weighted by Crippen LogP contribution is -2.26. The molecule has 0 spiro atoms. The van der Waals surface area contributed by atoms with E-state index in [0.717, 1.165) is 17.0 Å². The van der Waals surface area contributed by atoms with Crippen molar-refractivity contribution in [3.63, 3.8) is 0 Å². The third kappa shape index (κ3) is 2.34. The van der Waals surface area contributed by atoms with E-state index in [9.17, 15) is 4.79 Å². The van der Waals surface area contributed by atoms with E-state index in [4.69, 9.17) is 9.47 Å². The van der Waals surface area contributed by atoms with Crippen molar-refractivity contribution in [3.05, 3.63) is 17.7 Å². The number of fused-ring (bicyclic) bond motifs is 1. The van der Waals surface area contributed by atoms with E-state index in [2.05, 4.69) is 12.6 Å². The second kappa shape index (κ2) is 4.87. The minimum absolute atomic E-state index is 0.0435. The Morgan fingerprint density at radius 3 is 2.71 bits per heavy atom. The lowest BCUT2D eigenvalue weighted by molar-refractivity contribution is -0.117. The normalized spacial score (nSPS) is 12.6. The maximum absolute atomic E-state index is 11.8. The van der Waals surface area contributed by atoms with Gasteiger partial charge in [0.1, 0.15) is 0 Å². The first-order chi connectivity index (χ1) is 8.13. The molecular weight excluding hydrogens is 238 g/mol. The molecule has 1 aromatic carbocycles. The molecule has 0 fully saturated rings. The number of carbonyl (C=O) groups excluding carboxylic acids is 1. The Morgan fingerprint density at radius 2 is 2.06 bits per heavy atom. The molecule has 4 nitrogen and oxygen atoms in total. The van der Waals surface area contributed by atoms with Crippen LogP contribution in [0.4, 0.5) is 5.69 Å². The molecule has 1 aliphatic heterocycles. The third-order valence-electron chi connectivity index (χ3n) is 2.75. The SMILES string of the molecule is Cc1cc2c(cc1N(C)C(=O)CCS)OCO2. The number of benzene rings is 1. The highest BCUT2D eigenvalue weighted by atomic mass is 32.1. The summed E-state index contributed by atoms with van der Waals surface area (Å²) in [5, 5.41) is 0. The number of anilines is 1. The van der Waals surface area contributed by atoms with Gasteiger partial charge in [-0.15, -0.1) is 0 Å². The molecule has 92 valence electrons. The first-order valence-electron chi connectivity index (χ1n) is 5.41. The molecule has 0 saturated carbocycles. The molecule has 0 bridgehead atoms. The fraction of sp³-hybridized carbons (Fsp3) is 0.417. The third-order valence-corrected chi connectivity index (χ3v) is 2.98. The number of carbonyl (C=O) groups is 1. The molecule has 0 atom stereocenters. The molecule has 1 heterocycles. The van der Waals surface area contributed by atoms with Crippen LogP contribution in [0.3, 0.4) is 0 Å². The Balaban J connectivity index is 2.29. The summed E-state index contributed by atoms with van der Waals surface area (Å²) in [7, 11) is 1.76. The fourth-order valence-corrected chi connectivity index (χ4v) is 1.98. The van der Waals surface area contributed by atoms with Gasteiger partial charge in [0.15, 0.2) is 11.5 Å². The second-order valence-electron chi connectivity index (χ2n) is 3.92. The summed E-state index contributed by atoms with van der Waals surface area (Å²) in [5.41, 5.74) is 1.84. The predicted octanol–water partition coefficient (Wildman–Crippen LogP) is 2.01. The van der Waals surface area contributed by atoms with Crippen LogP contribution < -0.4 is 14.4 Å². The smallest absolute Gasteiger partial charge is 0.231 e.